The molecule has 15 heavy (non-hydrogen) atoms. The molecule has 0 bridgehead atoms. The van der Waals surface area contributed by atoms with Crippen molar-refractivity contribution >= 4 is 28.9 Å². The molecule has 0 aliphatic carbocycles. The van der Waals surface area contributed by atoms with E-state index in [1.165, 1.54) is 0 Å². The standard InChI is InChI=1S/C11H13ClN2O/c1-7-5-11(15)13-9-4-3-8(12)6-10(9)14(7)2/h3-4,6-7H,5H2,1-2H3,(H,13,15)/t7-/m1/s1. The number of benzene rings is 1. The topological polar surface area (TPSA) is 32.3 Å². The van der Waals surface area contributed by atoms with E-state index in [0.717, 1.165) is 11.4 Å². The van der Waals surface area contributed by atoms with E-state index in [1.807, 2.05) is 26.1 Å². The number of halogens is 1. The molecule has 80 valence electrons. The molecule has 0 aromatic heterocycles. The number of amides is 1. The van der Waals surface area contributed by atoms with Gasteiger partial charge in [-0.15, -0.1) is 0 Å². The third-order valence-electron chi connectivity index (χ3n) is 2.76. The molecule has 0 unspecified atom stereocenters. The first-order valence-electron chi connectivity index (χ1n) is 4.90. The summed E-state index contributed by atoms with van der Waals surface area (Å²) in [6.45, 7) is 2.02. The van der Waals surface area contributed by atoms with Crippen LogP contribution in [0.25, 0.3) is 0 Å². The average molecular weight is 225 g/mol. The maximum Gasteiger partial charge on any atom is 0.226 e. The highest BCUT2D eigenvalue weighted by atomic mass is 35.5. The van der Waals surface area contributed by atoms with Gasteiger partial charge >= 0.3 is 0 Å². The Morgan fingerprint density at radius 2 is 2.27 bits per heavy atom. The van der Waals surface area contributed by atoms with Gasteiger partial charge in [0.1, 0.15) is 0 Å². The molecule has 1 amide bonds. The number of hydrogen-bond donors (Lipinski definition) is 1. The van der Waals surface area contributed by atoms with E-state index in [9.17, 15) is 4.79 Å². The van der Waals surface area contributed by atoms with Crippen molar-refractivity contribution in [2.24, 2.45) is 0 Å². The lowest BCUT2D eigenvalue weighted by atomic mass is 10.2. The van der Waals surface area contributed by atoms with Gasteiger partial charge in [0.05, 0.1) is 11.4 Å². The maximum atomic E-state index is 11.5. The van der Waals surface area contributed by atoms with Crippen LogP contribution in [0, 0.1) is 0 Å². The molecule has 1 aromatic carbocycles. The zero-order valence-electron chi connectivity index (χ0n) is 8.75. The zero-order valence-corrected chi connectivity index (χ0v) is 9.51. The van der Waals surface area contributed by atoms with Crippen LogP contribution in [0.15, 0.2) is 18.2 Å². The van der Waals surface area contributed by atoms with Crippen LogP contribution in [0.5, 0.6) is 0 Å². The Hall–Kier alpha value is -1.22. The summed E-state index contributed by atoms with van der Waals surface area (Å²) < 4.78 is 0. The predicted octanol–water partition coefficient (Wildman–Crippen LogP) is 2.51. The molecule has 1 aromatic rings. The Balaban J connectivity index is 2.50. The Kier molecular flexibility index (Phi) is 2.57. The summed E-state index contributed by atoms with van der Waals surface area (Å²) in [6, 6.07) is 5.68. The fourth-order valence-corrected chi connectivity index (χ4v) is 1.91. The van der Waals surface area contributed by atoms with E-state index in [2.05, 4.69) is 10.2 Å². The number of carbonyl (C=O) groups excluding carboxylic acids is 1. The molecular weight excluding hydrogens is 212 g/mol. The Morgan fingerprint density at radius 1 is 1.53 bits per heavy atom. The van der Waals surface area contributed by atoms with Gasteiger partial charge in [0.25, 0.3) is 0 Å². The number of anilines is 2. The maximum absolute atomic E-state index is 11.5. The first-order valence-corrected chi connectivity index (χ1v) is 5.28. The van der Waals surface area contributed by atoms with Crippen LogP contribution in [0.1, 0.15) is 13.3 Å². The van der Waals surface area contributed by atoms with Gasteiger partial charge in [-0.2, -0.15) is 0 Å². The monoisotopic (exact) mass is 224 g/mol. The molecule has 2 rings (SSSR count). The van der Waals surface area contributed by atoms with Crippen molar-refractivity contribution in [2.75, 3.05) is 17.3 Å². The fraction of sp³-hybridized carbons (Fsp3) is 0.364. The summed E-state index contributed by atoms with van der Waals surface area (Å²) in [5.74, 6) is 0.0513. The van der Waals surface area contributed by atoms with Gasteiger partial charge in [-0.1, -0.05) is 11.6 Å². The summed E-state index contributed by atoms with van der Waals surface area (Å²) >= 11 is 5.94. The van der Waals surface area contributed by atoms with Gasteiger partial charge in [-0.3, -0.25) is 4.79 Å². The van der Waals surface area contributed by atoms with E-state index in [0.29, 0.717) is 11.4 Å². The number of rotatable bonds is 0. The summed E-state index contributed by atoms with van der Waals surface area (Å²) in [6.07, 6.45) is 0.503. The van der Waals surface area contributed by atoms with Crippen molar-refractivity contribution in [3.8, 4) is 0 Å². The highest BCUT2D eigenvalue weighted by molar-refractivity contribution is 6.31. The predicted molar refractivity (Wildman–Crippen MR) is 62.6 cm³/mol. The SMILES string of the molecule is C[C@@H]1CC(=O)Nc2ccc(Cl)cc2N1C. The molecule has 1 aliphatic rings. The molecule has 0 saturated heterocycles. The minimum absolute atomic E-state index is 0.0513. The minimum Gasteiger partial charge on any atom is -0.370 e. The Bertz CT molecular complexity index is 406. The van der Waals surface area contributed by atoms with Gasteiger partial charge < -0.3 is 10.2 Å². The average Bonchev–Trinajstić information content (AvgIpc) is 2.27. The van der Waals surface area contributed by atoms with Crippen molar-refractivity contribution in [1.29, 1.82) is 0 Å². The molecule has 1 heterocycles. The number of carbonyl (C=O) groups is 1. The Morgan fingerprint density at radius 3 is 3.00 bits per heavy atom. The number of nitrogens with zero attached hydrogens (tertiary/aromatic N) is 1. The number of nitrogens with one attached hydrogen (secondary N) is 1. The molecule has 3 nitrogen and oxygen atoms in total. The van der Waals surface area contributed by atoms with Crippen LogP contribution >= 0.6 is 11.6 Å². The van der Waals surface area contributed by atoms with Crippen LogP contribution < -0.4 is 10.2 Å². The molecule has 0 radical (unpaired) electrons. The van der Waals surface area contributed by atoms with Crippen molar-refractivity contribution in [1.82, 2.24) is 0 Å². The number of fused-ring (bicyclic) bond motifs is 1. The Labute approximate surface area is 94.0 Å². The smallest absolute Gasteiger partial charge is 0.226 e. The normalized spacial score (nSPS) is 20.6. The van der Waals surface area contributed by atoms with Crippen LogP contribution in [0.2, 0.25) is 5.02 Å². The lowest BCUT2D eigenvalue weighted by Crippen LogP contribution is -2.29. The summed E-state index contributed by atoms with van der Waals surface area (Å²) in [4.78, 5) is 13.6. The summed E-state index contributed by atoms with van der Waals surface area (Å²) in [5.41, 5.74) is 1.80. The van der Waals surface area contributed by atoms with Gasteiger partial charge in [-0.05, 0) is 25.1 Å². The second kappa shape index (κ2) is 3.74. The van der Waals surface area contributed by atoms with E-state index in [4.69, 9.17) is 11.6 Å². The lowest BCUT2D eigenvalue weighted by molar-refractivity contribution is -0.116. The van der Waals surface area contributed by atoms with Crippen molar-refractivity contribution < 1.29 is 4.79 Å². The first-order chi connectivity index (χ1) is 7.08. The zero-order chi connectivity index (χ0) is 11.0. The van der Waals surface area contributed by atoms with Crippen molar-refractivity contribution in [3.63, 3.8) is 0 Å². The molecular formula is C11H13ClN2O. The lowest BCUT2D eigenvalue weighted by Gasteiger charge is -2.24. The molecule has 1 aliphatic heterocycles. The fourth-order valence-electron chi connectivity index (χ4n) is 1.75. The van der Waals surface area contributed by atoms with E-state index < -0.39 is 0 Å². The summed E-state index contributed by atoms with van der Waals surface area (Å²) in [7, 11) is 1.97. The molecule has 0 spiro atoms. The van der Waals surface area contributed by atoms with Crippen molar-refractivity contribution in [2.45, 2.75) is 19.4 Å². The second-order valence-electron chi connectivity index (χ2n) is 3.87. The highest BCUT2D eigenvalue weighted by Gasteiger charge is 2.22. The van der Waals surface area contributed by atoms with E-state index in [1.54, 1.807) is 6.07 Å². The minimum atomic E-state index is 0.0513. The molecule has 0 fully saturated rings. The second-order valence-corrected chi connectivity index (χ2v) is 4.31. The van der Waals surface area contributed by atoms with Gasteiger partial charge in [0.15, 0.2) is 0 Å². The quantitative estimate of drug-likeness (QED) is 0.735. The molecule has 1 N–H and O–H groups in total. The number of hydrogen-bond acceptors (Lipinski definition) is 2. The van der Waals surface area contributed by atoms with Crippen molar-refractivity contribution in [3.05, 3.63) is 23.2 Å². The van der Waals surface area contributed by atoms with Crippen LogP contribution in [-0.2, 0) is 4.79 Å². The van der Waals surface area contributed by atoms with Gasteiger partial charge in [-0.25, -0.2) is 0 Å². The van der Waals surface area contributed by atoms with Crippen LogP contribution in [0.4, 0.5) is 11.4 Å². The molecule has 1 atom stereocenters. The third kappa shape index (κ3) is 1.92. The van der Waals surface area contributed by atoms with Gasteiger partial charge in [0, 0.05) is 24.5 Å². The molecule has 4 heteroatoms. The highest BCUT2D eigenvalue weighted by Crippen LogP contribution is 2.32. The molecule has 0 saturated carbocycles. The third-order valence-corrected chi connectivity index (χ3v) is 2.99. The van der Waals surface area contributed by atoms with Gasteiger partial charge in [0.2, 0.25) is 5.91 Å². The van der Waals surface area contributed by atoms with E-state index >= 15 is 0 Å². The van der Waals surface area contributed by atoms with Crippen LogP contribution in [0.3, 0.4) is 0 Å². The van der Waals surface area contributed by atoms with Crippen LogP contribution in [-0.4, -0.2) is 19.0 Å². The first kappa shape index (κ1) is 10.3. The van der Waals surface area contributed by atoms with E-state index in [-0.39, 0.29) is 11.9 Å². The largest absolute Gasteiger partial charge is 0.370 e. The summed E-state index contributed by atoms with van der Waals surface area (Å²) in [5, 5.41) is 3.56.